The Morgan fingerprint density at radius 1 is 1.09 bits per heavy atom. The van der Waals surface area contributed by atoms with Crippen LogP contribution in [-0.4, -0.2) is 66.7 Å². The van der Waals surface area contributed by atoms with Crippen LogP contribution in [0, 0.1) is 5.92 Å². The largest absolute Gasteiger partial charge is 0.327 e. The number of halogens is 1. The van der Waals surface area contributed by atoms with Gasteiger partial charge in [0.05, 0.1) is 16.6 Å². The normalized spacial score (nSPS) is 15.0. The van der Waals surface area contributed by atoms with E-state index < -0.39 is 45.9 Å². The number of imide groups is 1. The molecule has 1 aliphatic rings. The minimum atomic E-state index is -3.98. The molecule has 1 aliphatic heterocycles. The molecule has 4 amide bonds. The van der Waals surface area contributed by atoms with Gasteiger partial charge >= 0.3 is 6.03 Å². The highest BCUT2D eigenvalue weighted by atomic mass is 35.5. The van der Waals surface area contributed by atoms with Crippen molar-refractivity contribution in [1.82, 2.24) is 15.3 Å². The average Bonchev–Trinajstić information content (AvgIpc) is 3.09. The Bertz CT molecular complexity index is 1150. The Balaban J connectivity index is 1.76. The molecule has 0 bridgehead atoms. The van der Waals surface area contributed by atoms with Crippen LogP contribution in [0.3, 0.4) is 0 Å². The average molecular weight is 508 g/mol. The second-order valence-electron chi connectivity index (χ2n) is 8.05. The van der Waals surface area contributed by atoms with E-state index in [0.29, 0.717) is 18.0 Å². The highest BCUT2D eigenvalue weighted by Crippen LogP contribution is 2.25. The van der Waals surface area contributed by atoms with E-state index in [4.69, 9.17) is 16.8 Å². The minimum absolute atomic E-state index is 0.0235. The lowest BCUT2D eigenvalue weighted by atomic mass is 10.1. The van der Waals surface area contributed by atoms with Gasteiger partial charge in [-0.15, -0.1) is 0 Å². The van der Waals surface area contributed by atoms with Crippen molar-refractivity contribution in [3.63, 3.8) is 0 Å². The molecule has 1 atom stereocenters. The lowest BCUT2D eigenvalue weighted by Gasteiger charge is -2.21. The monoisotopic (exact) mass is 507 g/mol. The molecule has 0 aromatic heterocycles. The molecular formula is C23H26ClN3O6S. The van der Waals surface area contributed by atoms with Crippen LogP contribution in [-0.2, 0) is 19.4 Å². The number of carbonyl (C=O) groups is 3. The lowest BCUT2D eigenvalue weighted by Crippen LogP contribution is -2.44. The third-order valence-corrected chi connectivity index (χ3v) is 7.69. The van der Waals surface area contributed by atoms with Crippen molar-refractivity contribution in [3.8, 4) is 11.1 Å². The van der Waals surface area contributed by atoms with Gasteiger partial charge in [-0.25, -0.2) is 18.7 Å². The molecule has 11 heteroatoms. The van der Waals surface area contributed by atoms with Crippen LogP contribution in [0.15, 0.2) is 53.4 Å². The predicted octanol–water partition coefficient (Wildman–Crippen LogP) is 2.97. The Kier molecular flexibility index (Phi) is 8.29. The van der Waals surface area contributed by atoms with Gasteiger partial charge in [0.25, 0.3) is 0 Å². The van der Waals surface area contributed by atoms with Crippen molar-refractivity contribution < 1.29 is 28.0 Å². The number of nitrogens with zero attached hydrogens (tertiary/aromatic N) is 2. The molecule has 2 aromatic rings. The van der Waals surface area contributed by atoms with E-state index >= 15 is 0 Å². The molecule has 0 spiro atoms. The fraction of sp³-hybridized carbons (Fsp3) is 0.348. The number of amides is 4. The number of hydrogen-bond acceptors (Lipinski definition) is 6. The molecule has 0 aliphatic carbocycles. The van der Waals surface area contributed by atoms with Gasteiger partial charge in [0.15, 0.2) is 9.84 Å². The Hall–Kier alpha value is -2.95. The summed E-state index contributed by atoms with van der Waals surface area (Å²) in [6, 6.07) is 12.6. The van der Waals surface area contributed by atoms with Gasteiger partial charge in [0, 0.05) is 18.1 Å². The van der Waals surface area contributed by atoms with Crippen LogP contribution in [0.1, 0.15) is 19.8 Å². The first-order chi connectivity index (χ1) is 16.2. The van der Waals surface area contributed by atoms with E-state index in [9.17, 15) is 22.8 Å². The molecule has 0 radical (unpaired) electrons. The van der Waals surface area contributed by atoms with Crippen LogP contribution in [0.25, 0.3) is 11.1 Å². The number of hydroxylamine groups is 1. The van der Waals surface area contributed by atoms with Crippen LogP contribution in [0.5, 0.6) is 0 Å². The molecule has 1 unspecified atom stereocenters. The number of unbranched alkanes of at least 4 members (excludes halogenated alkanes) is 1. The number of urea groups is 1. The van der Waals surface area contributed by atoms with E-state index in [0.717, 1.165) is 22.4 Å². The quantitative estimate of drug-likeness (QED) is 0.289. The van der Waals surface area contributed by atoms with Gasteiger partial charge in [0.1, 0.15) is 6.54 Å². The minimum Gasteiger partial charge on any atom is -0.315 e. The fourth-order valence-electron chi connectivity index (χ4n) is 3.68. The highest BCUT2D eigenvalue weighted by molar-refractivity contribution is 7.91. The SMILES string of the molecule is CCCCN1CC(=O)N(CC(CS(=O)(=O)c2ccc(-c3ccc(Cl)cc3)cc2)C(=O)NO)C1=O. The zero-order valence-electron chi connectivity index (χ0n) is 18.6. The zero-order valence-corrected chi connectivity index (χ0v) is 20.2. The Morgan fingerprint density at radius 2 is 1.68 bits per heavy atom. The van der Waals surface area contributed by atoms with Crippen LogP contribution >= 0.6 is 11.6 Å². The van der Waals surface area contributed by atoms with Crippen molar-refractivity contribution in [2.24, 2.45) is 5.92 Å². The molecule has 1 saturated heterocycles. The number of nitrogens with one attached hydrogen (secondary N) is 1. The summed E-state index contributed by atoms with van der Waals surface area (Å²) in [5, 5.41) is 9.71. The first-order valence-corrected chi connectivity index (χ1v) is 12.8. The van der Waals surface area contributed by atoms with E-state index in [-0.39, 0.29) is 11.4 Å². The molecule has 1 fully saturated rings. The first-order valence-electron chi connectivity index (χ1n) is 10.8. The number of rotatable bonds is 10. The van der Waals surface area contributed by atoms with Crippen molar-refractivity contribution in [2.75, 3.05) is 25.4 Å². The summed E-state index contributed by atoms with van der Waals surface area (Å²) >= 11 is 5.90. The molecule has 182 valence electrons. The maximum Gasteiger partial charge on any atom is 0.327 e. The number of benzene rings is 2. The Labute approximate surface area is 203 Å². The lowest BCUT2D eigenvalue weighted by molar-refractivity contribution is -0.134. The van der Waals surface area contributed by atoms with E-state index in [1.54, 1.807) is 36.4 Å². The molecule has 34 heavy (non-hydrogen) atoms. The van der Waals surface area contributed by atoms with Crippen molar-refractivity contribution in [1.29, 1.82) is 0 Å². The summed E-state index contributed by atoms with van der Waals surface area (Å²) in [7, 11) is -3.98. The van der Waals surface area contributed by atoms with E-state index in [1.165, 1.54) is 22.5 Å². The summed E-state index contributed by atoms with van der Waals surface area (Å²) in [6.07, 6.45) is 1.55. The van der Waals surface area contributed by atoms with Gasteiger partial charge in [0.2, 0.25) is 11.8 Å². The molecular weight excluding hydrogens is 482 g/mol. The van der Waals surface area contributed by atoms with E-state index in [2.05, 4.69) is 0 Å². The molecule has 3 rings (SSSR count). The van der Waals surface area contributed by atoms with Crippen LogP contribution in [0.2, 0.25) is 5.02 Å². The second-order valence-corrected chi connectivity index (χ2v) is 10.5. The molecule has 1 heterocycles. The number of carbonyl (C=O) groups excluding carboxylic acids is 3. The maximum absolute atomic E-state index is 13.0. The van der Waals surface area contributed by atoms with Crippen LogP contribution in [0.4, 0.5) is 4.79 Å². The van der Waals surface area contributed by atoms with Crippen molar-refractivity contribution in [2.45, 2.75) is 24.7 Å². The molecule has 2 aromatic carbocycles. The van der Waals surface area contributed by atoms with Gasteiger partial charge in [-0.05, 0) is 41.8 Å². The topological polar surface area (TPSA) is 124 Å². The van der Waals surface area contributed by atoms with Gasteiger partial charge in [-0.3, -0.25) is 19.7 Å². The maximum atomic E-state index is 13.0. The molecule has 2 N–H and O–H groups in total. The Morgan fingerprint density at radius 3 is 2.24 bits per heavy atom. The zero-order chi connectivity index (χ0) is 24.9. The summed E-state index contributed by atoms with van der Waals surface area (Å²) in [5.41, 5.74) is 3.08. The van der Waals surface area contributed by atoms with Crippen molar-refractivity contribution >= 4 is 39.3 Å². The third-order valence-electron chi connectivity index (χ3n) is 5.61. The van der Waals surface area contributed by atoms with Gasteiger partial charge < -0.3 is 4.90 Å². The van der Waals surface area contributed by atoms with Crippen LogP contribution < -0.4 is 5.48 Å². The highest BCUT2D eigenvalue weighted by Gasteiger charge is 2.39. The predicted molar refractivity (Wildman–Crippen MR) is 126 cm³/mol. The summed E-state index contributed by atoms with van der Waals surface area (Å²) in [4.78, 5) is 39.4. The second kappa shape index (κ2) is 11.0. The number of sulfone groups is 1. The van der Waals surface area contributed by atoms with E-state index in [1.807, 2.05) is 6.92 Å². The third kappa shape index (κ3) is 5.94. The van der Waals surface area contributed by atoms with Gasteiger partial charge in [-0.1, -0.05) is 49.2 Å². The summed E-state index contributed by atoms with van der Waals surface area (Å²) < 4.78 is 26.0. The van der Waals surface area contributed by atoms with Crippen molar-refractivity contribution in [3.05, 3.63) is 53.6 Å². The number of hydrogen-bond donors (Lipinski definition) is 2. The first kappa shape index (κ1) is 25.7. The fourth-order valence-corrected chi connectivity index (χ4v) is 5.33. The van der Waals surface area contributed by atoms with Gasteiger partial charge in [-0.2, -0.15) is 0 Å². The standard InChI is InChI=1S/C23H26ClN3O6S/c1-2-3-12-26-14-21(28)27(23(26)30)13-18(22(29)25-31)15-34(32,33)20-10-6-17(7-11-20)16-4-8-19(24)9-5-16/h4-11,18,31H,2-3,12-15H2,1H3,(H,25,29). The molecule has 0 saturated carbocycles. The smallest absolute Gasteiger partial charge is 0.315 e. The summed E-state index contributed by atoms with van der Waals surface area (Å²) in [5.74, 6) is -3.54. The molecule has 9 nitrogen and oxygen atoms in total. The summed E-state index contributed by atoms with van der Waals surface area (Å²) in [6.45, 7) is 1.78.